The third kappa shape index (κ3) is 9.48. The zero-order valence-corrected chi connectivity index (χ0v) is 21.2. The molecule has 3 rings (SSSR count). The molecule has 1 atom stereocenters. The number of carboxylic acids is 1. The van der Waals surface area contributed by atoms with Crippen molar-refractivity contribution in [3.8, 4) is 5.75 Å². The molecule has 38 heavy (non-hydrogen) atoms. The van der Waals surface area contributed by atoms with Crippen LogP contribution in [0, 0.1) is 11.6 Å². The van der Waals surface area contributed by atoms with Crippen LogP contribution < -0.4 is 10.1 Å². The lowest BCUT2D eigenvalue weighted by Gasteiger charge is -2.23. The first-order chi connectivity index (χ1) is 18.3. The van der Waals surface area contributed by atoms with E-state index >= 15 is 0 Å². The molecule has 0 aliphatic carbocycles. The van der Waals surface area contributed by atoms with Crippen molar-refractivity contribution in [2.45, 2.75) is 32.3 Å². The fourth-order valence-corrected chi connectivity index (χ4v) is 3.80. The van der Waals surface area contributed by atoms with Crippen molar-refractivity contribution >= 4 is 17.7 Å². The Morgan fingerprint density at radius 1 is 0.895 bits per heavy atom. The van der Waals surface area contributed by atoms with E-state index in [9.17, 15) is 23.5 Å². The SMILES string of the molecule is CCOC(Cc1ccc(OCCN(CCCc2ccc(F)cc2)C(=O)Nc2ccc(F)cc2)cc1)C(=O)O. The monoisotopic (exact) mass is 526 g/mol. The quantitative estimate of drug-likeness (QED) is 0.288. The fourth-order valence-electron chi connectivity index (χ4n) is 3.80. The van der Waals surface area contributed by atoms with E-state index in [1.54, 1.807) is 48.2 Å². The van der Waals surface area contributed by atoms with Crippen LogP contribution in [0.1, 0.15) is 24.5 Å². The maximum atomic E-state index is 13.2. The third-order valence-electron chi connectivity index (χ3n) is 5.81. The minimum atomic E-state index is -1.01. The number of nitrogens with zero attached hydrogens (tertiary/aromatic N) is 1. The van der Waals surface area contributed by atoms with Gasteiger partial charge in [0.2, 0.25) is 0 Å². The van der Waals surface area contributed by atoms with Gasteiger partial charge in [-0.15, -0.1) is 0 Å². The summed E-state index contributed by atoms with van der Waals surface area (Å²) in [5.41, 5.74) is 2.25. The van der Waals surface area contributed by atoms with Crippen molar-refractivity contribution in [3.05, 3.63) is 95.6 Å². The number of rotatable bonds is 14. The van der Waals surface area contributed by atoms with Gasteiger partial charge in [0, 0.05) is 25.3 Å². The number of hydrogen-bond acceptors (Lipinski definition) is 4. The molecule has 1 unspecified atom stereocenters. The molecule has 0 spiro atoms. The van der Waals surface area contributed by atoms with Crippen molar-refractivity contribution in [1.82, 2.24) is 4.90 Å². The highest BCUT2D eigenvalue weighted by Gasteiger charge is 2.18. The molecule has 0 radical (unpaired) electrons. The van der Waals surface area contributed by atoms with Crippen molar-refractivity contribution < 1.29 is 33.0 Å². The Morgan fingerprint density at radius 3 is 2.11 bits per heavy atom. The van der Waals surface area contributed by atoms with Gasteiger partial charge in [-0.3, -0.25) is 0 Å². The lowest BCUT2D eigenvalue weighted by Crippen LogP contribution is -2.38. The number of nitrogens with one attached hydrogen (secondary N) is 1. The van der Waals surface area contributed by atoms with Crippen LogP contribution in [0.3, 0.4) is 0 Å². The Morgan fingerprint density at radius 2 is 1.50 bits per heavy atom. The summed E-state index contributed by atoms with van der Waals surface area (Å²) in [7, 11) is 0. The molecule has 2 N–H and O–H groups in total. The molecule has 0 aromatic heterocycles. The Labute approximate surface area is 221 Å². The zero-order chi connectivity index (χ0) is 27.3. The van der Waals surface area contributed by atoms with Crippen LogP contribution in [0.5, 0.6) is 5.75 Å². The molecule has 3 aromatic carbocycles. The van der Waals surface area contributed by atoms with E-state index in [1.165, 1.54) is 36.4 Å². The lowest BCUT2D eigenvalue weighted by atomic mass is 10.1. The van der Waals surface area contributed by atoms with Crippen molar-refractivity contribution in [1.29, 1.82) is 0 Å². The van der Waals surface area contributed by atoms with Gasteiger partial charge < -0.3 is 24.8 Å². The molecule has 0 aliphatic rings. The van der Waals surface area contributed by atoms with E-state index in [0.717, 1.165) is 11.1 Å². The van der Waals surface area contributed by atoms with Crippen molar-refractivity contribution in [2.24, 2.45) is 0 Å². The van der Waals surface area contributed by atoms with Crippen LogP contribution >= 0.6 is 0 Å². The summed E-state index contributed by atoms with van der Waals surface area (Å²) in [5, 5.41) is 12.0. The molecule has 7 nitrogen and oxygen atoms in total. The molecule has 202 valence electrons. The van der Waals surface area contributed by atoms with E-state index in [1.807, 2.05) is 0 Å². The predicted molar refractivity (Wildman–Crippen MR) is 140 cm³/mol. The number of urea groups is 1. The molecule has 2 amide bonds. The summed E-state index contributed by atoms with van der Waals surface area (Å²) in [6.45, 7) is 3.01. The van der Waals surface area contributed by atoms with Crippen molar-refractivity contribution in [2.75, 3.05) is 31.6 Å². The lowest BCUT2D eigenvalue weighted by molar-refractivity contribution is -0.149. The Kier molecular flexibility index (Phi) is 11.0. The van der Waals surface area contributed by atoms with E-state index in [4.69, 9.17) is 9.47 Å². The highest BCUT2D eigenvalue weighted by atomic mass is 19.1. The molecular weight excluding hydrogens is 494 g/mol. The zero-order valence-electron chi connectivity index (χ0n) is 21.2. The van der Waals surface area contributed by atoms with Crippen LogP contribution in [0.4, 0.5) is 19.3 Å². The molecule has 0 saturated carbocycles. The maximum absolute atomic E-state index is 13.2. The van der Waals surface area contributed by atoms with Crippen LogP contribution in [-0.4, -0.2) is 54.4 Å². The number of carboxylic acid groups (broad SMARTS) is 1. The second kappa shape index (κ2) is 14.7. The van der Waals surface area contributed by atoms with Gasteiger partial charge in [0.05, 0.1) is 6.54 Å². The number of amides is 2. The molecule has 0 fully saturated rings. The van der Waals surface area contributed by atoms with Gasteiger partial charge in [-0.2, -0.15) is 0 Å². The van der Waals surface area contributed by atoms with E-state index in [2.05, 4.69) is 5.32 Å². The minimum Gasteiger partial charge on any atom is -0.492 e. The molecule has 0 heterocycles. The number of carbonyl (C=O) groups excluding carboxylic acids is 1. The Balaban J connectivity index is 1.55. The first-order valence-electron chi connectivity index (χ1n) is 12.5. The summed E-state index contributed by atoms with van der Waals surface area (Å²) in [6, 6.07) is 18.5. The van der Waals surface area contributed by atoms with Gasteiger partial charge in [0.25, 0.3) is 0 Å². The second-order valence-corrected chi connectivity index (χ2v) is 8.63. The van der Waals surface area contributed by atoms with Crippen molar-refractivity contribution in [3.63, 3.8) is 0 Å². The number of aryl methyl sites for hydroxylation is 1. The van der Waals surface area contributed by atoms with Gasteiger partial charge in [0.15, 0.2) is 6.10 Å². The maximum Gasteiger partial charge on any atom is 0.333 e. The highest BCUT2D eigenvalue weighted by molar-refractivity contribution is 5.89. The normalized spacial score (nSPS) is 11.6. The van der Waals surface area contributed by atoms with Gasteiger partial charge in [-0.05, 0) is 79.4 Å². The smallest absolute Gasteiger partial charge is 0.333 e. The van der Waals surface area contributed by atoms with E-state index < -0.39 is 17.9 Å². The number of benzene rings is 3. The molecular formula is C29H32F2N2O5. The van der Waals surface area contributed by atoms with Crippen LogP contribution in [0.25, 0.3) is 0 Å². The Hall–Kier alpha value is -3.98. The van der Waals surface area contributed by atoms with Crippen LogP contribution in [0.15, 0.2) is 72.8 Å². The average Bonchev–Trinajstić information content (AvgIpc) is 2.90. The predicted octanol–water partition coefficient (Wildman–Crippen LogP) is 5.54. The summed E-state index contributed by atoms with van der Waals surface area (Å²) in [4.78, 5) is 25.9. The summed E-state index contributed by atoms with van der Waals surface area (Å²) in [6.07, 6.45) is 0.661. The fraction of sp³-hybridized carbons (Fsp3) is 0.310. The number of ether oxygens (including phenoxy) is 2. The largest absolute Gasteiger partial charge is 0.492 e. The second-order valence-electron chi connectivity index (χ2n) is 8.63. The number of anilines is 1. The first-order valence-corrected chi connectivity index (χ1v) is 12.5. The molecule has 9 heteroatoms. The van der Waals surface area contributed by atoms with Gasteiger partial charge >= 0.3 is 12.0 Å². The minimum absolute atomic E-state index is 0.226. The number of halogens is 2. The van der Waals surface area contributed by atoms with E-state index in [-0.39, 0.29) is 24.9 Å². The summed E-state index contributed by atoms with van der Waals surface area (Å²) < 4.78 is 37.5. The Bertz CT molecular complexity index is 1160. The third-order valence-corrected chi connectivity index (χ3v) is 5.81. The highest BCUT2D eigenvalue weighted by Crippen LogP contribution is 2.16. The average molecular weight is 527 g/mol. The standard InChI is InChI=1S/C29H32F2N2O5/c1-2-37-27(28(34)35)20-22-7-15-26(16-8-22)38-19-18-33(17-3-4-21-5-9-23(30)10-6-21)29(36)32-25-13-11-24(31)12-14-25/h5-16,27H,2-4,17-20H2,1H3,(H,32,36)(H,34,35). The first kappa shape index (κ1) is 28.6. The van der Waals surface area contributed by atoms with Gasteiger partial charge in [0.1, 0.15) is 24.0 Å². The van der Waals surface area contributed by atoms with E-state index in [0.29, 0.717) is 44.0 Å². The van der Waals surface area contributed by atoms with Crippen LogP contribution in [-0.2, 0) is 22.4 Å². The summed E-state index contributed by atoms with van der Waals surface area (Å²) in [5.74, 6) is -1.11. The number of carbonyl (C=O) groups is 2. The van der Waals surface area contributed by atoms with Gasteiger partial charge in [-0.25, -0.2) is 18.4 Å². The molecule has 0 saturated heterocycles. The van der Waals surface area contributed by atoms with Gasteiger partial charge in [-0.1, -0.05) is 24.3 Å². The number of aliphatic carboxylic acids is 1. The summed E-state index contributed by atoms with van der Waals surface area (Å²) >= 11 is 0. The molecule has 0 aliphatic heterocycles. The topological polar surface area (TPSA) is 88.1 Å². The molecule has 0 bridgehead atoms. The molecule has 3 aromatic rings. The van der Waals surface area contributed by atoms with Crippen LogP contribution in [0.2, 0.25) is 0 Å². The number of hydrogen-bond donors (Lipinski definition) is 2.